The van der Waals surface area contributed by atoms with E-state index in [0.29, 0.717) is 6.42 Å². The number of carbonyl (C=O) groups excluding carboxylic acids is 2. The monoisotopic (exact) mass is 404 g/mol. The third-order valence-electron chi connectivity index (χ3n) is 3.91. The molecule has 0 radical (unpaired) electrons. The van der Waals surface area contributed by atoms with Gasteiger partial charge in [0, 0.05) is 13.2 Å². The maximum Gasteiger partial charge on any atom is 0.413 e. The van der Waals surface area contributed by atoms with Crippen LogP contribution in [0.4, 0.5) is 10.6 Å². The standard InChI is InChI=1S/C20H28N4O5/c1-20(2,3)29-19(27)23-16-11-24(4)17(22-16)18(26)21-14(12-25)10-13-6-8-15(28-5)9-7-13/h6-9,11,14,25H,10,12H2,1-5H3,(H,21,26)(H,23,27). The van der Waals surface area contributed by atoms with Crippen molar-refractivity contribution in [2.24, 2.45) is 7.05 Å². The number of aryl methyl sites for hydroxylation is 1. The van der Waals surface area contributed by atoms with Crippen molar-refractivity contribution in [3.05, 3.63) is 41.9 Å². The molecule has 29 heavy (non-hydrogen) atoms. The van der Waals surface area contributed by atoms with Gasteiger partial charge in [0.15, 0.2) is 5.82 Å². The Morgan fingerprint density at radius 3 is 2.45 bits per heavy atom. The van der Waals surface area contributed by atoms with Gasteiger partial charge in [0.1, 0.15) is 11.4 Å². The van der Waals surface area contributed by atoms with Crippen LogP contribution in [0.15, 0.2) is 30.5 Å². The van der Waals surface area contributed by atoms with Crippen molar-refractivity contribution in [1.29, 1.82) is 0 Å². The lowest BCUT2D eigenvalue weighted by Gasteiger charge is -2.19. The average Bonchev–Trinajstić information content (AvgIpc) is 3.00. The number of methoxy groups -OCH3 is 1. The highest BCUT2D eigenvalue weighted by molar-refractivity contribution is 5.92. The maximum absolute atomic E-state index is 12.6. The van der Waals surface area contributed by atoms with Crippen LogP contribution in [-0.2, 0) is 18.2 Å². The summed E-state index contributed by atoms with van der Waals surface area (Å²) in [6, 6.07) is 6.89. The van der Waals surface area contributed by atoms with E-state index in [9.17, 15) is 14.7 Å². The van der Waals surface area contributed by atoms with E-state index >= 15 is 0 Å². The Hall–Kier alpha value is -3.07. The molecule has 158 valence electrons. The van der Waals surface area contributed by atoms with E-state index < -0.39 is 23.6 Å². The van der Waals surface area contributed by atoms with Crippen LogP contribution in [0.2, 0.25) is 0 Å². The highest BCUT2D eigenvalue weighted by Gasteiger charge is 2.21. The van der Waals surface area contributed by atoms with E-state index in [2.05, 4.69) is 15.6 Å². The molecular weight excluding hydrogens is 376 g/mol. The predicted molar refractivity (Wildman–Crippen MR) is 108 cm³/mol. The van der Waals surface area contributed by atoms with Gasteiger partial charge in [-0.2, -0.15) is 0 Å². The number of carbonyl (C=O) groups is 2. The van der Waals surface area contributed by atoms with Crippen LogP contribution in [0.5, 0.6) is 5.75 Å². The van der Waals surface area contributed by atoms with Crippen molar-refractivity contribution in [3.8, 4) is 5.75 Å². The van der Waals surface area contributed by atoms with Gasteiger partial charge in [0.25, 0.3) is 5.91 Å². The second-order valence-electron chi connectivity index (χ2n) is 7.59. The van der Waals surface area contributed by atoms with Crippen LogP contribution < -0.4 is 15.4 Å². The third-order valence-corrected chi connectivity index (χ3v) is 3.91. The molecule has 9 nitrogen and oxygen atoms in total. The highest BCUT2D eigenvalue weighted by atomic mass is 16.6. The molecule has 1 aromatic heterocycles. The molecule has 1 heterocycles. The van der Waals surface area contributed by atoms with Crippen molar-refractivity contribution >= 4 is 17.8 Å². The summed E-state index contributed by atoms with van der Waals surface area (Å²) in [7, 11) is 3.23. The summed E-state index contributed by atoms with van der Waals surface area (Å²) in [6.45, 7) is 5.02. The Morgan fingerprint density at radius 1 is 1.24 bits per heavy atom. The smallest absolute Gasteiger partial charge is 0.413 e. The topological polar surface area (TPSA) is 115 Å². The summed E-state index contributed by atoms with van der Waals surface area (Å²) in [5.74, 6) is 0.570. The number of amides is 2. The Balaban J connectivity index is 2.01. The minimum Gasteiger partial charge on any atom is -0.497 e. The lowest BCUT2D eigenvalue weighted by molar-refractivity contribution is 0.0635. The molecule has 2 aromatic rings. The largest absolute Gasteiger partial charge is 0.497 e. The van der Waals surface area contributed by atoms with Crippen LogP contribution >= 0.6 is 0 Å². The first-order valence-electron chi connectivity index (χ1n) is 9.19. The fraction of sp³-hybridized carbons (Fsp3) is 0.450. The fourth-order valence-electron chi connectivity index (χ4n) is 2.60. The molecule has 0 saturated heterocycles. The fourth-order valence-corrected chi connectivity index (χ4v) is 2.60. The zero-order valence-corrected chi connectivity index (χ0v) is 17.4. The van der Waals surface area contributed by atoms with Crippen molar-refractivity contribution in [2.45, 2.75) is 38.8 Å². The number of hydrogen-bond donors (Lipinski definition) is 3. The highest BCUT2D eigenvalue weighted by Crippen LogP contribution is 2.14. The molecule has 1 unspecified atom stereocenters. The molecule has 2 amide bonds. The van der Waals surface area contributed by atoms with Gasteiger partial charge in [-0.15, -0.1) is 0 Å². The van der Waals surface area contributed by atoms with Gasteiger partial charge in [-0.25, -0.2) is 9.78 Å². The molecule has 1 atom stereocenters. The summed E-state index contributed by atoms with van der Waals surface area (Å²) in [4.78, 5) is 28.6. The Bertz CT molecular complexity index is 840. The molecule has 0 saturated carbocycles. The van der Waals surface area contributed by atoms with Crippen molar-refractivity contribution in [2.75, 3.05) is 19.0 Å². The first kappa shape index (κ1) is 22.2. The first-order valence-corrected chi connectivity index (χ1v) is 9.19. The van der Waals surface area contributed by atoms with Gasteiger partial charge in [-0.1, -0.05) is 12.1 Å². The number of aromatic nitrogens is 2. The second-order valence-corrected chi connectivity index (χ2v) is 7.59. The van der Waals surface area contributed by atoms with Crippen molar-refractivity contribution in [1.82, 2.24) is 14.9 Å². The zero-order chi connectivity index (χ0) is 21.6. The Kier molecular flexibility index (Phi) is 7.22. The molecule has 1 aromatic carbocycles. The van der Waals surface area contributed by atoms with Gasteiger partial charge >= 0.3 is 6.09 Å². The quantitative estimate of drug-likeness (QED) is 0.651. The number of aliphatic hydroxyl groups excluding tert-OH is 1. The van der Waals surface area contributed by atoms with Crippen molar-refractivity contribution < 1.29 is 24.2 Å². The lowest BCUT2D eigenvalue weighted by Crippen LogP contribution is -2.40. The zero-order valence-electron chi connectivity index (χ0n) is 17.4. The number of nitrogens with zero attached hydrogens (tertiary/aromatic N) is 2. The number of nitrogens with one attached hydrogen (secondary N) is 2. The second kappa shape index (κ2) is 9.42. The molecule has 0 aliphatic heterocycles. The van der Waals surface area contributed by atoms with Gasteiger partial charge in [-0.3, -0.25) is 10.1 Å². The molecule has 0 aliphatic carbocycles. The molecule has 0 spiro atoms. The van der Waals surface area contributed by atoms with Crippen LogP contribution in [0.25, 0.3) is 0 Å². The van der Waals surface area contributed by atoms with E-state index in [1.807, 2.05) is 24.3 Å². The summed E-state index contributed by atoms with van der Waals surface area (Å²) < 4.78 is 11.8. The molecule has 9 heteroatoms. The SMILES string of the molecule is COc1ccc(CC(CO)NC(=O)c2nc(NC(=O)OC(C)(C)C)cn2C)cc1. The van der Waals surface area contributed by atoms with E-state index in [-0.39, 0.29) is 18.2 Å². The maximum atomic E-state index is 12.6. The molecule has 0 aliphatic rings. The Labute approximate surface area is 170 Å². The number of hydrogen-bond acceptors (Lipinski definition) is 6. The number of ether oxygens (including phenoxy) is 2. The van der Waals surface area contributed by atoms with Crippen molar-refractivity contribution in [3.63, 3.8) is 0 Å². The molecule has 0 bridgehead atoms. The van der Waals surface area contributed by atoms with Crippen LogP contribution in [0.3, 0.4) is 0 Å². The van der Waals surface area contributed by atoms with Crippen LogP contribution in [0, 0.1) is 0 Å². The lowest BCUT2D eigenvalue weighted by atomic mass is 10.1. The van der Waals surface area contributed by atoms with E-state index in [1.165, 1.54) is 10.8 Å². The molecule has 2 rings (SSSR count). The van der Waals surface area contributed by atoms with Gasteiger partial charge in [0.2, 0.25) is 5.82 Å². The summed E-state index contributed by atoms with van der Waals surface area (Å²) >= 11 is 0. The molecular formula is C20H28N4O5. The van der Waals surface area contributed by atoms with Gasteiger partial charge in [-0.05, 0) is 44.9 Å². The third kappa shape index (κ3) is 6.79. The number of benzene rings is 1. The van der Waals surface area contributed by atoms with Crippen LogP contribution in [0.1, 0.15) is 37.0 Å². The number of aliphatic hydroxyl groups is 1. The predicted octanol–water partition coefficient (Wildman–Crippen LogP) is 2.11. The first-order chi connectivity index (χ1) is 13.6. The van der Waals surface area contributed by atoms with E-state index in [0.717, 1.165) is 11.3 Å². The van der Waals surface area contributed by atoms with Gasteiger partial charge in [0.05, 0.1) is 19.8 Å². The minimum absolute atomic E-state index is 0.101. The molecule has 3 N–H and O–H groups in total. The minimum atomic E-state index is -0.657. The summed E-state index contributed by atoms with van der Waals surface area (Å²) in [5.41, 5.74) is 0.298. The normalized spacial score (nSPS) is 12.2. The number of imidazole rings is 1. The Morgan fingerprint density at radius 2 is 1.90 bits per heavy atom. The summed E-state index contributed by atoms with van der Waals surface area (Å²) in [5, 5.41) is 14.9. The molecule has 0 fully saturated rings. The average molecular weight is 404 g/mol. The van der Waals surface area contributed by atoms with E-state index in [1.54, 1.807) is 34.9 Å². The van der Waals surface area contributed by atoms with E-state index in [4.69, 9.17) is 9.47 Å². The number of rotatable bonds is 7. The van der Waals surface area contributed by atoms with Crippen LogP contribution in [-0.4, -0.2) is 52.0 Å². The van der Waals surface area contributed by atoms with Gasteiger partial charge < -0.3 is 24.5 Å². The summed E-state index contributed by atoms with van der Waals surface area (Å²) in [6.07, 6.45) is 1.30. The number of anilines is 1.